The molecule has 1 aromatic carbocycles. The average molecular weight is 935 g/mol. The summed E-state index contributed by atoms with van der Waals surface area (Å²) in [5, 5.41) is 0. The molecule has 0 saturated carbocycles. The van der Waals surface area contributed by atoms with Crippen LogP contribution in [0.3, 0.4) is 0 Å². The Bertz CT molecular complexity index is 1330. The number of rotatable bonds is 51. The number of benzene rings is 1. The molecule has 0 N–H and O–H groups in total. The first-order chi connectivity index (χ1) is 33.1. The van der Waals surface area contributed by atoms with Crippen molar-refractivity contribution in [2.45, 2.75) is 291 Å². The molecule has 0 spiro atoms. The van der Waals surface area contributed by atoms with E-state index in [-0.39, 0.29) is 12.2 Å². The van der Waals surface area contributed by atoms with E-state index in [9.17, 15) is 4.79 Å². The number of unbranched alkanes of at least 4 members (excludes halogenated alkanes) is 36. The van der Waals surface area contributed by atoms with Gasteiger partial charge in [0, 0.05) is 11.3 Å². The second-order valence-electron chi connectivity index (χ2n) is 20.0. The first-order valence-electron chi connectivity index (χ1n) is 29.3. The van der Waals surface area contributed by atoms with Gasteiger partial charge in [0.25, 0.3) is 0 Å². The third kappa shape index (κ3) is 34.2. The van der Waals surface area contributed by atoms with Crippen LogP contribution in [0.5, 0.6) is 23.0 Å². The molecule has 0 bridgehead atoms. The molecule has 6 nitrogen and oxygen atoms in total. The van der Waals surface area contributed by atoms with Crippen molar-refractivity contribution in [3.63, 3.8) is 0 Å². The molecule has 2 rings (SSSR count). The minimum Gasteiger partial charge on any atom is -0.492 e. The summed E-state index contributed by atoms with van der Waals surface area (Å²) in [7, 11) is 0. The Balaban J connectivity index is 2.06. The molecule has 0 atom stereocenters. The number of pyridine rings is 1. The number of hydrogen-bond acceptors (Lipinski definition) is 6. The summed E-state index contributed by atoms with van der Waals surface area (Å²) in [6, 6.07) is 7.70. The lowest BCUT2D eigenvalue weighted by Gasteiger charge is -2.19. The van der Waals surface area contributed by atoms with Crippen LogP contribution in [-0.4, -0.2) is 37.2 Å². The Hall–Kier alpha value is -2.76. The summed E-state index contributed by atoms with van der Waals surface area (Å²) in [5.74, 6) is 2.70. The molecular formula is C61H107NO5. The number of ether oxygens (including phenoxy) is 4. The first-order valence-corrected chi connectivity index (χ1v) is 29.3. The number of ketones is 1. The van der Waals surface area contributed by atoms with Gasteiger partial charge in [0.15, 0.2) is 17.3 Å². The summed E-state index contributed by atoms with van der Waals surface area (Å²) < 4.78 is 25.8. The van der Waals surface area contributed by atoms with Gasteiger partial charge in [-0.3, -0.25) is 9.78 Å². The van der Waals surface area contributed by atoms with Crippen LogP contribution >= 0.6 is 0 Å². The molecule has 1 aromatic heterocycles. The second-order valence-corrected chi connectivity index (χ2v) is 20.0. The van der Waals surface area contributed by atoms with Crippen molar-refractivity contribution in [3.05, 3.63) is 41.7 Å². The minimum atomic E-state index is 0.000324. The van der Waals surface area contributed by atoms with Crippen LogP contribution in [0.2, 0.25) is 0 Å². The van der Waals surface area contributed by atoms with Crippen LogP contribution in [0.25, 0.3) is 0 Å². The van der Waals surface area contributed by atoms with Crippen molar-refractivity contribution < 1.29 is 23.7 Å². The highest BCUT2D eigenvalue weighted by Crippen LogP contribution is 2.40. The fourth-order valence-electron chi connectivity index (χ4n) is 9.05. The second kappa shape index (κ2) is 45.7. The Morgan fingerprint density at radius 1 is 0.373 bits per heavy atom. The van der Waals surface area contributed by atoms with Crippen LogP contribution in [0.1, 0.15) is 301 Å². The van der Waals surface area contributed by atoms with Crippen LogP contribution < -0.4 is 18.9 Å². The summed E-state index contributed by atoms with van der Waals surface area (Å²) in [4.78, 5) is 18.7. The van der Waals surface area contributed by atoms with Crippen molar-refractivity contribution in [2.75, 3.05) is 26.4 Å². The standard InChI is InChI=1S/C61H107NO5/c1-5-9-13-17-21-25-29-33-37-41-47-64-57-46-45-56(62-54-57)53-58(63)55-51-59(65-48-42-38-34-30-26-22-18-14-10-6-2)61(67-50-44-40-36-32-28-24-20-16-12-8-4)60(52-55)66-49-43-39-35-31-27-23-19-15-11-7-3/h45-46,51-52,54H,5-44,47-50,53H2,1-4H3. The molecule has 0 aliphatic rings. The van der Waals surface area contributed by atoms with Gasteiger partial charge in [-0.1, -0.05) is 259 Å². The molecule has 6 heteroatoms. The van der Waals surface area contributed by atoms with E-state index in [0.717, 1.165) is 56.4 Å². The zero-order chi connectivity index (χ0) is 47.9. The van der Waals surface area contributed by atoms with Crippen molar-refractivity contribution in [2.24, 2.45) is 0 Å². The summed E-state index contributed by atoms with van der Waals surface area (Å²) >= 11 is 0. The number of carbonyl (C=O) groups excluding carboxylic acids is 1. The van der Waals surface area contributed by atoms with E-state index in [0.29, 0.717) is 49.2 Å². The summed E-state index contributed by atoms with van der Waals surface area (Å²) in [6.07, 6.45) is 53.3. The predicted molar refractivity (Wildman–Crippen MR) is 288 cm³/mol. The maximum Gasteiger partial charge on any atom is 0.203 e. The highest BCUT2D eigenvalue weighted by Gasteiger charge is 2.20. The lowest BCUT2D eigenvalue weighted by atomic mass is 10.0. The van der Waals surface area contributed by atoms with Gasteiger partial charge in [0.1, 0.15) is 5.75 Å². The largest absolute Gasteiger partial charge is 0.492 e. The van der Waals surface area contributed by atoms with Crippen molar-refractivity contribution >= 4 is 5.78 Å². The van der Waals surface area contributed by atoms with E-state index < -0.39 is 0 Å². The molecular weight excluding hydrogens is 827 g/mol. The quantitative estimate of drug-likeness (QED) is 0.0486. The number of aromatic nitrogens is 1. The monoisotopic (exact) mass is 934 g/mol. The molecule has 0 amide bonds. The topological polar surface area (TPSA) is 66.9 Å². The highest BCUT2D eigenvalue weighted by atomic mass is 16.5. The normalized spacial score (nSPS) is 11.3. The van der Waals surface area contributed by atoms with E-state index in [4.69, 9.17) is 18.9 Å². The molecule has 0 aliphatic carbocycles. The van der Waals surface area contributed by atoms with Gasteiger partial charge in [-0.15, -0.1) is 0 Å². The molecule has 0 aliphatic heterocycles. The van der Waals surface area contributed by atoms with Crippen molar-refractivity contribution in [1.82, 2.24) is 4.98 Å². The van der Waals surface area contributed by atoms with Gasteiger partial charge in [0.05, 0.1) is 39.0 Å². The smallest absolute Gasteiger partial charge is 0.203 e. The molecule has 0 fully saturated rings. The number of Topliss-reactive ketones (excluding diaryl/α,β-unsaturated/α-hetero) is 1. The number of carbonyl (C=O) groups is 1. The van der Waals surface area contributed by atoms with Crippen LogP contribution in [0.15, 0.2) is 30.5 Å². The summed E-state index contributed by atoms with van der Waals surface area (Å²) in [6.45, 7) is 11.6. The number of nitrogens with zero attached hydrogens (tertiary/aromatic N) is 1. The van der Waals surface area contributed by atoms with Gasteiger partial charge in [0.2, 0.25) is 5.75 Å². The lowest BCUT2D eigenvalue weighted by molar-refractivity contribution is 0.0990. The van der Waals surface area contributed by atoms with Crippen LogP contribution in [0.4, 0.5) is 0 Å². The van der Waals surface area contributed by atoms with Gasteiger partial charge in [-0.2, -0.15) is 0 Å². The molecule has 386 valence electrons. The Kier molecular flexibility index (Phi) is 41.1. The Morgan fingerprint density at radius 3 is 0.985 bits per heavy atom. The van der Waals surface area contributed by atoms with Crippen LogP contribution in [-0.2, 0) is 6.42 Å². The molecule has 0 radical (unpaired) electrons. The third-order valence-electron chi connectivity index (χ3n) is 13.5. The van der Waals surface area contributed by atoms with E-state index >= 15 is 0 Å². The molecule has 2 aromatic rings. The fourth-order valence-corrected chi connectivity index (χ4v) is 9.05. The van der Waals surface area contributed by atoms with Gasteiger partial charge in [-0.05, 0) is 49.9 Å². The minimum absolute atomic E-state index is 0.000324. The van der Waals surface area contributed by atoms with E-state index in [1.807, 2.05) is 24.3 Å². The number of hydrogen-bond donors (Lipinski definition) is 0. The zero-order valence-electron chi connectivity index (χ0n) is 44.7. The maximum atomic E-state index is 14.1. The van der Waals surface area contributed by atoms with E-state index in [2.05, 4.69) is 32.7 Å². The predicted octanol–water partition coefficient (Wildman–Crippen LogP) is 19.7. The van der Waals surface area contributed by atoms with Crippen LogP contribution in [0, 0.1) is 0 Å². The first kappa shape index (κ1) is 60.4. The average Bonchev–Trinajstić information content (AvgIpc) is 3.34. The van der Waals surface area contributed by atoms with Crippen molar-refractivity contribution in [3.8, 4) is 23.0 Å². The fraction of sp³-hybridized carbons (Fsp3) is 0.803. The Morgan fingerprint density at radius 2 is 0.672 bits per heavy atom. The summed E-state index contributed by atoms with van der Waals surface area (Å²) in [5.41, 5.74) is 1.32. The Labute approximate surface area is 415 Å². The van der Waals surface area contributed by atoms with E-state index in [1.165, 1.54) is 212 Å². The SMILES string of the molecule is CCCCCCCCCCCCOc1ccc(CC(=O)c2cc(OCCCCCCCCCCCC)c(OCCCCCCCCCCCC)c(OCCCCCCCCCCCC)c2)nc1. The van der Waals surface area contributed by atoms with Gasteiger partial charge >= 0.3 is 0 Å². The lowest BCUT2D eigenvalue weighted by Crippen LogP contribution is -2.10. The maximum absolute atomic E-state index is 14.1. The molecule has 0 saturated heterocycles. The third-order valence-corrected chi connectivity index (χ3v) is 13.5. The van der Waals surface area contributed by atoms with Crippen molar-refractivity contribution in [1.29, 1.82) is 0 Å². The molecule has 0 unspecified atom stereocenters. The highest BCUT2D eigenvalue weighted by molar-refractivity contribution is 5.98. The van der Waals surface area contributed by atoms with Gasteiger partial charge in [-0.25, -0.2) is 0 Å². The van der Waals surface area contributed by atoms with E-state index in [1.54, 1.807) is 6.20 Å². The molecule has 67 heavy (non-hydrogen) atoms. The molecule has 1 heterocycles. The zero-order valence-corrected chi connectivity index (χ0v) is 44.7. The van der Waals surface area contributed by atoms with Gasteiger partial charge < -0.3 is 18.9 Å².